The third-order valence-electron chi connectivity index (χ3n) is 4.30. The fourth-order valence-corrected chi connectivity index (χ4v) is 2.85. The average molecular weight is 384 g/mol. The van der Waals surface area contributed by atoms with E-state index in [9.17, 15) is 18.0 Å². The van der Waals surface area contributed by atoms with Crippen molar-refractivity contribution in [1.29, 1.82) is 0 Å². The highest BCUT2D eigenvalue weighted by molar-refractivity contribution is 5.80. The Hall–Kier alpha value is -2.55. The highest BCUT2D eigenvalue weighted by Crippen LogP contribution is 2.49. The number of nitrogens with zero attached hydrogens (tertiary/aromatic N) is 2. The monoisotopic (exact) mass is 384 g/mol. The minimum atomic E-state index is -3.19. The summed E-state index contributed by atoms with van der Waals surface area (Å²) in [7, 11) is 0. The van der Waals surface area contributed by atoms with Gasteiger partial charge in [-0.3, -0.25) is 0 Å². The molecular formula is C18H19F3N2O4. The maximum Gasteiger partial charge on any atom is 0.338 e. The Bertz CT molecular complexity index is 813. The summed E-state index contributed by atoms with van der Waals surface area (Å²) >= 11 is 0. The van der Waals surface area contributed by atoms with Crippen LogP contribution in [0.5, 0.6) is 5.75 Å². The van der Waals surface area contributed by atoms with Crippen LogP contribution in [-0.2, 0) is 26.5 Å². The van der Waals surface area contributed by atoms with Crippen LogP contribution in [0.2, 0.25) is 0 Å². The molecule has 1 saturated heterocycles. The van der Waals surface area contributed by atoms with Gasteiger partial charge in [0.25, 0.3) is 12.7 Å². The largest absolute Gasteiger partial charge is 0.487 e. The molecule has 0 bridgehead atoms. The van der Waals surface area contributed by atoms with E-state index in [4.69, 9.17) is 14.2 Å². The molecule has 3 rings (SSSR count). The molecule has 0 saturated carbocycles. The molecule has 1 aromatic carbocycles. The Labute approximate surface area is 153 Å². The normalized spacial score (nSPS) is 22.5. The smallest absolute Gasteiger partial charge is 0.338 e. The zero-order valence-electron chi connectivity index (χ0n) is 14.8. The maximum atomic E-state index is 13.6. The van der Waals surface area contributed by atoms with E-state index >= 15 is 0 Å². The van der Waals surface area contributed by atoms with Gasteiger partial charge >= 0.3 is 5.97 Å². The predicted molar refractivity (Wildman–Crippen MR) is 88.0 cm³/mol. The zero-order chi connectivity index (χ0) is 19.6. The number of halogens is 3. The fraction of sp³-hybridized carbons (Fsp3) is 0.444. The molecule has 27 heavy (non-hydrogen) atoms. The first-order valence-corrected chi connectivity index (χ1v) is 8.39. The van der Waals surface area contributed by atoms with E-state index in [-0.39, 0.29) is 18.9 Å². The van der Waals surface area contributed by atoms with Gasteiger partial charge in [0.2, 0.25) is 0 Å². The van der Waals surface area contributed by atoms with Crippen molar-refractivity contribution >= 4 is 5.97 Å². The van der Waals surface area contributed by atoms with Gasteiger partial charge in [0.15, 0.2) is 6.10 Å². The molecule has 3 unspecified atom stereocenters. The predicted octanol–water partition coefficient (Wildman–Crippen LogP) is 3.37. The molecule has 146 valence electrons. The van der Waals surface area contributed by atoms with Gasteiger partial charge in [-0.05, 0) is 26.0 Å². The second-order valence-electron chi connectivity index (χ2n) is 6.12. The Balaban J connectivity index is 1.75. The standard InChI is InChI=1S/C18H19F3N2O4/c1-3-25-17(24)14-18(2,27-14)12-6-4-5-7-13(12)26-10-11-8-9-22-23(11)16(21)15(19)20/h4-9,14-16H,3,10H2,1-2H3. The molecule has 0 aliphatic carbocycles. The second-order valence-corrected chi connectivity index (χ2v) is 6.12. The van der Waals surface area contributed by atoms with E-state index in [2.05, 4.69) is 5.10 Å². The van der Waals surface area contributed by atoms with E-state index in [0.717, 1.165) is 0 Å². The van der Waals surface area contributed by atoms with Crippen LogP contribution in [0.15, 0.2) is 36.5 Å². The average Bonchev–Trinajstić information content (AvgIpc) is 3.13. The van der Waals surface area contributed by atoms with Crippen molar-refractivity contribution in [3.8, 4) is 5.75 Å². The van der Waals surface area contributed by atoms with Gasteiger partial charge in [0.1, 0.15) is 18.0 Å². The van der Waals surface area contributed by atoms with Crippen LogP contribution in [0.3, 0.4) is 0 Å². The van der Waals surface area contributed by atoms with Crippen molar-refractivity contribution in [2.45, 2.75) is 44.9 Å². The minimum Gasteiger partial charge on any atom is -0.487 e. The molecule has 1 aliphatic heterocycles. The third-order valence-corrected chi connectivity index (χ3v) is 4.30. The molecule has 3 atom stereocenters. The van der Waals surface area contributed by atoms with Crippen molar-refractivity contribution in [3.63, 3.8) is 0 Å². The van der Waals surface area contributed by atoms with Crippen molar-refractivity contribution in [3.05, 3.63) is 47.8 Å². The number of epoxide rings is 1. The Morgan fingerprint density at radius 1 is 1.33 bits per heavy atom. The quantitative estimate of drug-likeness (QED) is 0.516. The van der Waals surface area contributed by atoms with Gasteiger partial charge in [-0.25, -0.2) is 22.6 Å². The van der Waals surface area contributed by atoms with E-state index in [1.54, 1.807) is 38.1 Å². The van der Waals surface area contributed by atoms with Crippen molar-refractivity contribution < 1.29 is 32.2 Å². The zero-order valence-corrected chi connectivity index (χ0v) is 14.8. The van der Waals surface area contributed by atoms with Crippen molar-refractivity contribution in [2.24, 2.45) is 0 Å². The summed E-state index contributed by atoms with van der Waals surface area (Å²) in [5.41, 5.74) is -0.143. The van der Waals surface area contributed by atoms with Gasteiger partial charge in [-0.15, -0.1) is 0 Å². The topological polar surface area (TPSA) is 65.9 Å². The summed E-state index contributed by atoms with van der Waals surface area (Å²) < 4.78 is 55.6. The summed E-state index contributed by atoms with van der Waals surface area (Å²) in [6, 6.07) is 8.27. The summed E-state index contributed by atoms with van der Waals surface area (Å²) in [4.78, 5) is 11.9. The number of aromatic nitrogens is 2. The lowest BCUT2D eigenvalue weighted by molar-refractivity contribution is -0.144. The van der Waals surface area contributed by atoms with Crippen LogP contribution in [0.25, 0.3) is 0 Å². The number of alkyl halides is 3. The molecule has 0 amide bonds. The van der Waals surface area contributed by atoms with Gasteiger partial charge in [0, 0.05) is 11.8 Å². The molecule has 9 heteroatoms. The van der Waals surface area contributed by atoms with E-state index < -0.39 is 30.4 Å². The molecule has 0 N–H and O–H groups in total. The number of rotatable bonds is 8. The molecule has 2 heterocycles. The summed E-state index contributed by atoms with van der Waals surface area (Å²) in [5, 5.41) is 3.58. The molecule has 0 spiro atoms. The third kappa shape index (κ3) is 3.78. The number of esters is 1. The first-order chi connectivity index (χ1) is 12.9. The highest BCUT2D eigenvalue weighted by atomic mass is 19.3. The lowest BCUT2D eigenvalue weighted by Gasteiger charge is -2.16. The van der Waals surface area contributed by atoms with Crippen LogP contribution >= 0.6 is 0 Å². The minimum absolute atomic E-state index is 0.154. The lowest BCUT2D eigenvalue weighted by atomic mass is 9.96. The first kappa shape index (κ1) is 19.2. The summed E-state index contributed by atoms with van der Waals surface area (Å²) in [5.74, 6) is -0.0721. The number of ether oxygens (including phenoxy) is 3. The van der Waals surface area contributed by atoms with E-state index in [1.807, 2.05) is 0 Å². The van der Waals surface area contributed by atoms with Crippen LogP contribution in [0.1, 0.15) is 31.4 Å². The second kappa shape index (κ2) is 7.59. The van der Waals surface area contributed by atoms with Gasteiger partial charge in [-0.2, -0.15) is 5.10 Å². The number of benzene rings is 1. The van der Waals surface area contributed by atoms with Crippen LogP contribution in [0.4, 0.5) is 13.2 Å². The molecule has 1 fully saturated rings. The molecule has 6 nitrogen and oxygen atoms in total. The number of para-hydroxylation sites is 1. The molecule has 1 aliphatic rings. The molecule has 2 aromatic rings. The van der Waals surface area contributed by atoms with Crippen LogP contribution in [0, 0.1) is 0 Å². The molecule has 0 radical (unpaired) electrons. The van der Waals surface area contributed by atoms with Gasteiger partial charge in [0.05, 0.1) is 12.3 Å². The molecular weight excluding hydrogens is 365 g/mol. The fourth-order valence-electron chi connectivity index (χ4n) is 2.85. The van der Waals surface area contributed by atoms with Gasteiger partial charge < -0.3 is 14.2 Å². The number of hydrogen-bond donors (Lipinski definition) is 0. The summed E-state index contributed by atoms with van der Waals surface area (Å²) in [6.45, 7) is 3.50. The highest BCUT2D eigenvalue weighted by Gasteiger charge is 2.60. The van der Waals surface area contributed by atoms with Crippen LogP contribution in [-0.4, -0.2) is 34.9 Å². The maximum absolute atomic E-state index is 13.6. The van der Waals surface area contributed by atoms with Crippen molar-refractivity contribution in [2.75, 3.05) is 6.61 Å². The number of hydrogen-bond acceptors (Lipinski definition) is 5. The van der Waals surface area contributed by atoms with Crippen LogP contribution < -0.4 is 4.74 Å². The summed E-state index contributed by atoms with van der Waals surface area (Å²) in [6.07, 6.45) is -5.27. The Morgan fingerprint density at radius 3 is 2.78 bits per heavy atom. The SMILES string of the molecule is CCOC(=O)C1OC1(C)c1ccccc1OCc1ccnn1C(F)C(F)F. The van der Waals surface area contributed by atoms with Gasteiger partial charge in [-0.1, -0.05) is 18.2 Å². The number of carbonyl (C=O) groups is 1. The lowest BCUT2D eigenvalue weighted by Crippen LogP contribution is -2.20. The van der Waals surface area contributed by atoms with E-state index in [0.29, 0.717) is 16.0 Å². The Kier molecular flexibility index (Phi) is 5.41. The van der Waals surface area contributed by atoms with Crippen molar-refractivity contribution in [1.82, 2.24) is 9.78 Å². The Morgan fingerprint density at radius 2 is 2.07 bits per heavy atom. The first-order valence-electron chi connectivity index (χ1n) is 8.39. The molecule has 1 aromatic heterocycles. The number of carbonyl (C=O) groups excluding carboxylic acids is 1. The van der Waals surface area contributed by atoms with E-state index in [1.165, 1.54) is 12.3 Å².